The van der Waals surface area contributed by atoms with Crippen molar-refractivity contribution >= 4 is 0 Å². The first-order valence-corrected chi connectivity index (χ1v) is 5.91. The summed E-state index contributed by atoms with van der Waals surface area (Å²) in [5.41, 5.74) is 1.94. The number of benzene rings is 2. The molecule has 0 saturated heterocycles. The molecule has 2 aromatic rings. The zero-order valence-corrected chi connectivity index (χ0v) is 10.3. The zero-order chi connectivity index (χ0) is 13.5. The first kappa shape index (κ1) is 12.7. The number of hydrogen-bond acceptors (Lipinski definition) is 3. The van der Waals surface area contributed by atoms with Gasteiger partial charge in [0.2, 0.25) is 0 Å². The highest BCUT2D eigenvalue weighted by atomic mass is 16.5. The molecule has 0 aliphatic rings. The number of ether oxygens (including phenoxy) is 1. The van der Waals surface area contributed by atoms with Crippen LogP contribution in [0.1, 0.15) is 11.1 Å². The summed E-state index contributed by atoms with van der Waals surface area (Å²) in [6.45, 7) is 0. The molecule has 19 heavy (non-hydrogen) atoms. The van der Waals surface area contributed by atoms with Gasteiger partial charge in [-0.15, -0.1) is 0 Å². The number of nitriles is 2. The van der Waals surface area contributed by atoms with Gasteiger partial charge in [-0.2, -0.15) is 10.5 Å². The summed E-state index contributed by atoms with van der Waals surface area (Å²) in [5, 5.41) is 17.2. The molecule has 0 amide bonds. The topological polar surface area (TPSA) is 56.8 Å². The van der Waals surface area contributed by atoms with Crippen LogP contribution in [-0.2, 0) is 12.8 Å². The molecule has 2 rings (SSSR count). The van der Waals surface area contributed by atoms with Crippen LogP contribution in [-0.4, -0.2) is 0 Å². The minimum absolute atomic E-state index is 0.406. The number of hydrogen-bond donors (Lipinski definition) is 0. The molecule has 0 atom stereocenters. The highest BCUT2D eigenvalue weighted by molar-refractivity contribution is 5.35. The third kappa shape index (κ3) is 3.59. The predicted molar refractivity (Wildman–Crippen MR) is 71.6 cm³/mol. The summed E-state index contributed by atoms with van der Waals surface area (Å²) in [4.78, 5) is 0. The molecule has 92 valence electrons. The van der Waals surface area contributed by atoms with E-state index in [1.165, 1.54) is 0 Å². The minimum Gasteiger partial charge on any atom is -0.457 e. The van der Waals surface area contributed by atoms with Gasteiger partial charge in [-0.25, -0.2) is 0 Å². The average Bonchev–Trinajstić information content (AvgIpc) is 2.44. The zero-order valence-electron chi connectivity index (χ0n) is 10.3. The summed E-state index contributed by atoms with van der Waals surface area (Å²) >= 11 is 0. The molecule has 0 aliphatic heterocycles. The van der Waals surface area contributed by atoms with Gasteiger partial charge in [-0.3, -0.25) is 0 Å². The Labute approximate surface area is 112 Å². The Balaban J connectivity index is 2.04. The normalized spacial score (nSPS) is 9.37. The lowest BCUT2D eigenvalue weighted by Crippen LogP contribution is -1.87. The second-order valence-electron chi connectivity index (χ2n) is 4.06. The maximum absolute atomic E-state index is 8.59. The van der Waals surface area contributed by atoms with E-state index in [9.17, 15) is 0 Å². The molecule has 0 unspecified atom stereocenters. The minimum atomic E-state index is 0.406. The van der Waals surface area contributed by atoms with Crippen LogP contribution in [0.25, 0.3) is 0 Å². The van der Waals surface area contributed by atoms with Gasteiger partial charge in [0, 0.05) is 0 Å². The molecule has 0 spiro atoms. The van der Waals surface area contributed by atoms with E-state index in [0.717, 1.165) is 22.6 Å². The van der Waals surface area contributed by atoms with E-state index >= 15 is 0 Å². The molecule has 0 saturated carbocycles. The smallest absolute Gasteiger partial charge is 0.127 e. The van der Waals surface area contributed by atoms with Crippen LogP contribution >= 0.6 is 0 Å². The van der Waals surface area contributed by atoms with Crippen LogP contribution < -0.4 is 4.74 Å². The molecule has 0 N–H and O–H groups in total. The molecule has 0 aromatic heterocycles. The molecular formula is C16H12N2O. The largest absolute Gasteiger partial charge is 0.457 e. The van der Waals surface area contributed by atoms with E-state index in [0.29, 0.717) is 12.8 Å². The quantitative estimate of drug-likeness (QED) is 0.830. The van der Waals surface area contributed by atoms with Crippen LogP contribution in [0, 0.1) is 22.7 Å². The van der Waals surface area contributed by atoms with Crippen molar-refractivity contribution in [2.75, 3.05) is 0 Å². The molecule has 2 aromatic carbocycles. The summed E-state index contributed by atoms with van der Waals surface area (Å²) in [7, 11) is 0. The van der Waals surface area contributed by atoms with Crippen molar-refractivity contribution in [3.05, 3.63) is 59.7 Å². The van der Waals surface area contributed by atoms with Gasteiger partial charge < -0.3 is 4.74 Å². The third-order valence-corrected chi connectivity index (χ3v) is 2.65. The van der Waals surface area contributed by atoms with E-state index in [1.54, 1.807) is 0 Å². The summed E-state index contributed by atoms with van der Waals surface area (Å²) in [6.07, 6.45) is 0.812. The van der Waals surface area contributed by atoms with Crippen molar-refractivity contribution in [2.45, 2.75) is 12.8 Å². The van der Waals surface area contributed by atoms with Gasteiger partial charge >= 0.3 is 0 Å². The van der Waals surface area contributed by atoms with Gasteiger partial charge in [0.1, 0.15) is 11.5 Å². The Bertz CT molecular complexity index is 558. The lowest BCUT2D eigenvalue weighted by molar-refractivity contribution is 0.482. The van der Waals surface area contributed by atoms with Crippen LogP contribution in [0.5, 0.6) is 11.5 Å². The van der Waals surface area contributed by atoms with E-state index in [1.807, 2.05) is 48.5 Å². The fraction of sp³-hybridized carbons (Fsp3) is 0.125. The monoisotopic (exact) mass is 248 g/mol. The fourth-order valence-corrected chi connectivity index (χ4v) is 1.67. The second kappa shape index (κ2) is 6.23. The Morgan fingerprint density at radius 2 is 1.05 bits per heavy atom. The first-order chi connectivity index (χ1) is 9.31. The van der Waals surface area contributed by atoms with Crippen LogP contribution in [0.3, 0.4) is 0 Å². The van der Waals surface area contributed by atoms with Gasteiger partial charge in [0.25, 0.3) is 0 Å². The van der Waals surface area contributed by atoms with Crippen molar-refractivity contribution in [2.24, 2.45) is 0 Å². The fourth-order valence-electron chi connectivity index (χ4n) is 1.67. The average molecular weight is 248 g/mol. The summed E-state index contributed by atoms with van der Waals surface area (Å²) in [6, 6.07) is 19.1. The van der Waals surface area contributed by atoms with Gasteiger partial charge in [0.05, 0.1) is 25.0 Å². The number of nitrogens with zero attached hydrogens (tertiary/aromatic N) is 2. The standard InChI is InChI=1S/C16H12N2O/c17-11-9-13-1-5-15(6-2-13)19-16-7-3-14(4-8-16)10-12-18/h1-8H,9-10H2. The van der Waals surface area contributed by atoms with Crippen LogP contribution in [0.15, 0.2) is 48.5 Å². The Hall–Kier alpha value is -2.78. The summed E-state index contributed by atoms with van der Waals surface area (Å²) < 4.78 is 5.68. The molecule has 3 nitrogen and oxygen atoms in total. The molecule has 0 radical (unpaired) electrons. The molecule has 3 heteroatoms. The molecule has 0 aliphatic carbocycles. The Kier molecular flexibility index (Phi) is 4.16. The predicted octanol–water partition coefficient (Wildman–Crippen LogP) is 3.61. The highest BCUT2D eigenvalue weighted by Crippen LogP contribution is 2.22. The van der Waals surface area contributed by atoms with Crippen molar-refractivity contribution in [1.82, 2.24) is 0 Å². The van der Waals surface area contributed by atoms with Crippen LogP contribution in [0.2, 0.25) is 0 Å². The second-order valence-corrected chi connectivity index (χ2v) is 4.06. The van der Waals surface area contributed by atoms with Gasteiger partial charge in [-0.1, -0.05) is 24.3 Å². The Morgan fingerprint density at radius 3 is 1.37 bits per heavy atom. The summed E-state index contributed by atoms with van der Waals surface area (Å²) in [5.74, 6) is 1.46. The van der Waals surface area contributed by atoms with Crippen molar-refractivity contribution in [1.29, 1.82) is 10.5 Å². The Morgan fingerprint density at radius 1 is 0.684 bits per heavy atom. The van der Waals surface area contributed by atoms with Crippen molar-refractivity contribution in [3.63, 3.8) is 0 Å². The van der Waals surface area contributed by atoms with E-state index in [2.05, 4.69) is 12.1 Å². The highest BCUT2D eigenvalue weighted by Gasteiger charge is 1.99. The molecule has 0 fully saturated rings. The van der Waals surface area contributed by atoms with E-state index in [4.69, 9.17) is 15.3 Å². The van der Waals surface area contributed by atoms with Crippen molar-refractivity contribution < 1.29 is 4.74 Å². The van der Waals surface area contributed by atoms with Crippen molar-refractivity contribution in [3.8, 4) is 23.6 Å². The van der Waals surface area contributed by atoms with E-state index < -0.39 is 0 Å². The van der Waals surface area contributed by atoms with E-state index in [-0.39, 0.29) is 0 Å². The lowest BCUT2D eigenvalue weighted by Gasteiger charge is -2.06. The van der Waals surface area contributed by atoms with Gasteiger partial charge in [0.15, 0.2) is 0 Å². The molecule has 0 bridgehead atoms. The maximum Gasteiger partial charge on any atom is 0.127 e. The lowest BCUT2D eigenvalue weighted by atomic mass is 10.1. The first-order valence-electron chi connectivity index (χ1n) is 5.91. The van der Waals surface area contributed by atoms with Gasteiger partial charge in [-0.05, 0) is 35.4 Å². The maximum atomic E-state index is 8.59. The molecule has 0 heterocycles. The number of rotatable bonds is 4. The SMILES string of the molecule is N#CCc1ccc(Oc2ccc(CC#N)cc2)cc1. The van der Waals surface area contributed by atoms with Crippen LogP contribution in [0.4, 0.5) is 0 Å². The third-order valence-electron chi connectivity index (χ3n) is 2.65. The molecular weight excluding hydrogens is 236 g/mol.